The average molecular weight is 444 g/mol. The van der Waals surface area contributed by atoms with Crippen molar-refractivity contribution in [3.8, 4) is 17.4 Å². The molecule has 0 saturated heterocycles. The van der Waals surface area contributed by atoms with Crippen molar-refractivity contribution in [3.63, 3.8) is 0 Å². The lowest BCUT2D eigenvalue weighted by molar-refractivity contribution is 0.0829. The number of phosphoric acid groups is 1. The number of aromatic nitrogens is 2. The van der Waals surface area contributed by atoms with Crippen LogP contribution >= 0.6 is 42.6 Å². The van der Waals surface area contributed by atoms with Gasteiger partial charge < -0.3 is 19.3 Å². The minimum Gasteiger partial charge on any atom is -0.467 e. The SMILES string of the molecule is CC(C)c1cc(Oc2c(Cl)cc(OCOP(=O)(O)O)cc2Cl)nnc1Cl. The molecule has 0 aliphatic carbocycles. The van der Waals surface area contributed by atoms with Crippen LogP contribution in [0.25, 0.3) is 0 Å². The molecule has 26 heavy (non-hydrogen) atoms. The predicted molar refractivity (Wildman–Crippen MR) is 96.3 cm³/mol. The van der Waals surface area contributed by atoms with Gasteiger partial charge in [0.25, 0.3) is 0 Å². The van der Waals surface area contributed by atoms with Crippen LogP contribution in [-0.2, 0) is 9.09 Å². The number of hydrogen-bond donors (Lipinski definition) is 2. The van der Waals surface area contributed by atoms with Gasteiger partial charge in [-0.2, -0.15) is 0 Å². The van der Waals surface area contributed by atoms with Crippen molar-refractivity contribution >= 4 is 42.6 Å². The van der Waals surface area contributed by atoms with E-state index in [1.807, 2.05) is 13.8 Å². The van der Waals surface area contributed by atoms with Gasteiger partial charge in [0.2, 0.25) is 5.88 Å². The summed E-state index contributed by atoms with van der Waals surface area (Å²) in [7, 11) is -4.64. The first-order valence-electron chi connectivity index (χ1n) is 7.09. The molecule has 12 heteroatoms. The van der Waals surface area contributed by atoms with Crippen LogP contribution in [0.3, 0.4) is 0 Å². The molecule has 0 unspecified atom stereocenters. The van der Waals surface area contributed by atoms with Crippen molar-refractivity contribution in [2.45, 2.75) is 19.8 Å². The van der Waals surface area contributed by atoms with E-state index in [1.165, 1.54) is 12.1 Å². The van der Waals surface area contributed by atoms with Gasteiger partial charge in [-0.05, 0) is 11.5 Å². The van der Waals surface area contributed by atoms with Crippen molar-refractivity contribution in [2.24, 2.45) is 0 Å². The quantitative estimate of drug-likeness (QED) is 0.464. The van der Waals surface area contributed by atoms with Gasteiger partial charge in [0.05, 0.1) is 10.0 Å². The third-order valence-corrected chi connectivity index (χ3v) is 4.30. The molecule has 0 spiro atoms. The molecule has 0 saturated carbocycles. The molecule has 142 valence electrons. The monoisotopic (exact) mass is 442 g/mol. The third kappa shape index (κ3) is 5.96. The topological polar surface area (TPSA) is 111 Å². The van der Waals surface area contributed by atoms with Crippen LogP contribution in [0.15, 0.2) is 18.2 Å². The number of halogens is 3. The Kier molecular flexibility index (Phi) is 7.10. The van der Waals surface area contributed by atoms with Crippen LogP contribution < -0.4 is 9.47 Å². The van der Waals surface area contributed by atoms with Gasteiger partial charge in [0.1, 0.15) is 5.75 Å². The lowest BCUT2D eigenvalue weighted by Crippen LogP contribution is -2.01. The highest BCUT2D eigenvalue weighted by Gasteiger charge is 2.17. The molecule has 2 rings (SSSR count). The van der Waals surface area contributed by atoms with Gasteiger partial charge in [-0.3, -0.25) is 0 Å². The maximum atomic E-state index is 10.6. The Bertz CT molecular complexity index is 822. The fourth-order valence-electron chi connectivity index (χ4n) is 1.81. The highest BCUT2D eigenvalue weighted by molar-refractivity contribution is 7.46. The van der Waals surface area contributed by atoms with E-state index < -0.39 is 14.6 Å². The second kappa shape index (κ2) is 8.71. The Hall–Kier alpha value is -1.12. The van der Waals surface area contributed by atoms with Gasteiger partial charge in [-0.25, -0.2) is 9.09 Å². The Labute approximate surface area is 164 Å². The highest BCUT2D eigenvalue weighted by atomic mass is 35.5. The maximum Gasteiger partial charge on any atom is 0.472 e. The average Bonchev–Trinajstić information content (AvgIpc) is 2.51. The van der Waals surface area contributed by atoms with Gasteiger partial charge in [0, 0.05) is 18.2 Å². The minimum absolute atomic E-state index is 0.0894. The molecule has 0 bridgehead atoms. The van der Waals surface area contributed by atoms with Crippen LogP contribution in [0.4, 0.5) is 0 Å². The molecule has 2 aromatic rings. The molecule has 8 nitrogen and oxygen atoms in total. The van der Waals surface area contributed by atoms with E-state index in [9.17, 15) is 4.57 Å². The maximum absolute atomic E-state index is 10.6. The highest BCUT2D eigenvalue weighted by Crippen LogP contribution is 2.40. The lowest BCUT2D eigenvalue weighted by Gasteiger charge is -2.13. The molecule has 0 fully saturated rings. The summed E-state index contributed by atoms with van der Waals surface area (Å²) in [4.78, 5) is 17.2. The number of rotatable bonds is 7. The summed E-state index contributed by atoms with van der Waals surface area (Å²) < 4.78 is 25.4. The number of nitrogens with zero attached hydrogens (tertiary/aromatic N) is 2. The van der Waals surface area contributed by atoms with Crippen molar-refractivity contribution in [1.82, 2.24) is 10.2 Å². The molecular weight excluding hydrogens is 429 g/mol. The summed E-state index contributed by atoms with van der Waals surface area (Å²) in [6.07, 6.45) is 0. The van der Waals surface area contributed by atoms with E-state index >= 15 is 0 Å². The normalized spacial score (nSPS) is 11.7. The summed E-state index contributed by atoms with van der Waals surface area (Å²) in [5, 5.41) is 8.12. The van der Waals surface area contributed by atoms with Crippen LogP contribution in [0.5, 0.6) is 17.4 Å². The number of phosphoric ester groups is 1. The Morgan fingerprint density at radius 3 is 2.27 bits per heavy atom. The number of hydrogen-bond acceptors (Lipinski definition) is 6. The molecular formula is C14H14Cl3N2O6P. The van der Waals surface area contributed by atoms with Gasteiger partial charge in [-0.1, -0.05) is 48.7 Å². The van der Waals surface area contributed by atoms with E-state index in [1.54, 1.807) is 6.07 Å². The summed E-state index contributed by atoms with van der Waals surface area (Å²) in [6.45, 7) is 3.20. The zero-order valence-electron chi connectivity index (χ0n) is 13.5. The first kappa shape index (κ1) is 21.2. The smallest absolute Gasteiger partial charge is 0.467 e. The number of benzene rings is 1. The summed E-state index contributed by atoms with van der Waals surface area (Å²) >= 11 is 18.3. The van der Waals surface area contributed by atoms with E-state index in [-0.39, 0.29) is 38.5 Å². The van der Waals surface area contributed by atoms with Crippen molar-refractivity contribution in [1.29, 1.82) is 0 Å². The largest absolute Gasteiger partial charge is 0.472 e. The zero-order valence-corrected chi connectivity index (χ0v) is 16.7. The van der Waals surface area contributed by atoms with Crippen molar-refractivity contribution in [2.75, 3.05) is 6.79 Å². The van der Waals surface area contributed by atoms with Crippen LogP contribution in [-0.4, -0.2) is 26.8 Å². The standard InChI is InChI=1S/C14H14Cl3N2O6P/c1-7(2)9-5-12(18-19-14(9)17)25-13-10(15)3-8(4-11(13)16)23-6-24-26(20,21)22/h3-5,7H,6H2,1-2H3,(H2,20,21,22). The van der Waals surface area contributed by atoms with Gasteiger partial charge >= 0.3 is 7.82 Å². The van der Waals surface area contributed by atoms with Crippen LogP contribution in [0.2, 0.25) is 15.2 Å². The third-order valence-electron chi connectivity index (χ3n) is 3.00. The fraction of sp³-hybridized carbons (Fsp3) is 0.286. The first-order chi connectivity index (χ1) is 12.1. The molecule has 0 amide bonds. The predicted octanol–water partition coefficient (Wildman–Crippen LogP) is 4.80. The van der Waals surface area contributed by atoms with Crippen molar-refractivity contribution < 1.29 is 28.3 Å². The number of ether oxygens (including phenoxy) is 2. The summed E-state index contributed by atoms with van der Waals surface area (Å²) in [6, 6.07) is 4.32. The lowest BCUT2D eigenvalue weighted by atomic mass is 10.1. The molecule has 0 radical (unpaired) electrons. The van der Waals surface area contributed by atoms with E-state index in [4.69, 9.17) is 54.1 Å². The molecule has 1 heterocycles. The minimum atomic E-state index is -4.64. The van der Waals surface area contributed by atoms with Crippen molar-refractivity contribution in [3.05, 3.63) is 39.0 Å². The van der Waals surface area contributed by atoms with E-state index in [0.29, 0.717) is 0 Å². The molecule has 0 aliphatic rings. The fourth-order valence-corrected chi connectivity index (χ4v) is 2.86. The van der Waals surface area contributed by atoms with Crippen LogP contribution in [0.1, 0.15) is 25.3 Å². The zero-order chi connectivity index (χ0) is 19.5. The Morgan fingerprint density at radius 1 is 1.12 bits per heavy atom. The van der Waals surface area contributed by atoms with Gasteiger partial charge in [-0.15, -0.1) is 10.2 Å². The molecule has 1 aromatic carbocycles. The first-order valence-corrected chi connectivity index (χ1v) is 9.76. The van der Waals surface area contributed by atoms with E-state index in [0.717, 1.165) is 5.56 Å². The molecule has 2 N–H and O–H groups in total. The summed E-state index contributed by atoms with van der Waals surface area (Å²) in [5.74, 6) is 0.505. The Balaban J connectivity index is 2.18. The second-order valence-corrected chi connectivity index (χ2v) is 7.70. The molecule has 0 aliphatic heterocycles. The summed E-state index contributed by atoms with van der Waals surface area (Å²) in [5.41, 5.74) is 0.749. The molecule has 0 atom stereocenters. The van der Waals surface area contributed by atoms with Gasteiger partial charge in [0.15, 0.2) is 17.7 Å². The second-order valence-electron chi connectivity index (χ2n) is 5.28. The van der Waals surface area contributed by atoms with Crippen LogP contribution in [0, 0.1) is 0 Å². The molecule has 1 aromatic heterocycles. The van der Waals surface area contributed by atoms with E-state index in [2.05, 4.69) is 14.7 Å². The Morgan fingerprint density at radius 2 is 1.73 bits per heavy atom.